The monoisotopic (exact) mass is 242 g/mol. The van der Waals surface area contributed by atoms with Crippen LogP contribution in [0.1, 0.15) is 32.1 Å². The van der Waals surface area contributed by atoms with Crippen LogP contribution in [0.4, 0.5) is 0 Å². The van der Waals surface area contributed by atoms with Crippen LogP contribution < -0.4 is 0 Å². The molecule has 2 unspecified atom stereocenters. The average molecular weight is 242 g/mol. The van der Waals surface area contributed by atoms with E-state index in [2.05, 4.69) is 9.80 Å². The smallest absolute Gasteiger partial charge is 0.0710 e. The molecule has 0 spiro atoms. The van der Waals surface area contributed by atoms with Crippen molar-refractivity contribution in [1.29, 1.82) is 0 Å². The standard InChI is InChI=1S/C12H22N2O.CH4O/c15-12-8-10(13-5-1-2-6-13)9-14-7-3-4-11(12)14;1-2/h10-12,15H,1-9H2;2H,1H3/t10-,11?,12?;/m1./s1. The second-order valence-electron chi connectivity index (χ2n) is 5.40. The molecule has 0 amide bonds. The molecular weight excluding hydrogens is 216 g/mol. The van der Waals surface area contributed by atoms with Crippen molar-refractivity contribution in [1.82, 2.24) is 9.80 Å². The summed E-state index contributed by atoms with van der Waals surface area (Å²) < 4.78 is 0. The summed E-state index contributed by atoms with van der Waals surface area (Å²) in [7, 11) is 1.00. The van der Waals surface area contributed by atoms with Crippen LogP contribution in [0.2, 0.25) is 0 Å². The Balaban J connectivity index is 0.000000514. The lowest BCUT2D eigenvalue weighted by molar-refractivity contribution is -0.00935. The van der Waals surface area contributed by atoms with Gasteiger partial charge in [-0.2, -0.15) is 0 Å². The Morgan fingerprint density at radius 3 is 2.29 bits per heavy atom. The van der Waals surface area contributed by atoms with Crippen LogP contribution in [0, 0.1) is 0 Å². The summed E-state index contributed by atoms with van der Waals surface area (Å²) in [5.74, 6) is 0. The lowest BCUT2D eigenvalue weighted by atomic mass is 9.95. The fourth-order valence-corrected chi connectivity index (χ4v) is 3.67. The summed E-state index contributed by atoms with van der Waals surface area (Å²) in [4.78, 5) is 5.12. The highest BCUT2D eigenvalue weighted by Crippen LogP contribution is 2.30. The number of nitrogens with zero attached hydrogens (tertiary/aromatic N) is 2. The second-order valence-corrected chi connectivity index (χ2v) is 5.40. The van der Waals surface area contributed by atoms with Crippen molar-refractivity contribution in [2.45, 2.75) is 50.3 Å². The first-order valence-electron chi connectivity index (χ1n) is 6.95. The van der Waals surface area contributed by atoms with Gasteiger partial charge in [0.1, 0.15) is 0 Å². The minimum atomic E-state index is -0.0631. The molecule has 3 fully saturated rings. The van der Waals surface area contributed by atoms with Crippen LogP contribution in [0.5, 0.6) is 0 Å². The molecule has 3 atom stereocenters. The summed E-state index contributed by atoms with van der Waals surface area (Å²) in [5, 5.41) is 17.1. The van der Waals surface area contributed by atoms with Crippen molar-refractivity contribution in [3.63, 3.8) is 0 Å². The Morgan fingerprint density at radius 2 is 1.59 bits per heavy atom. The van der Waals surface area contributed by atoms with Crippen molar-refractivity contribution >= 4 is 0 Å². The van der Waals surface area contributed by atoms with Crippen LogP contribution >= 0.6 is 0 Å². The first-order valence-corrected chi connectivity index (χ1v) is 6.95. The maximum atomic E-state index is 10.1. The molecule has 17 heavy (non-hydrogen) atoms. The van der Waals surface area contributed by atoms with Crippen molar-refractivity contribution in [3.05, 3.63) is 0 Å². The Bertz CT molecular complexity index is 231. The first-order chi connectivity index (χ1) is 8.34. The SMILES string of the molecule is CO.OC1C[C@@H](N2CCCC2)CN2CCCC12. The van der Waals surface area contributed by atoms with Gasteiger partial charge in [0.25, 0.3) is 0 Å². The van der Waals surface area contributed by atoms with Crippen LogP contribution in [-0.2, 0) is 0 Å². The summed E-state index contributed by atoms with van der Waals surface area (Å²) in [6.45, 7) is 4.94. The van der Waals surface area contributed by atoms with Gasteiger partial charge in [-0.05, 0) is 51.7 Å². The number of likely N-dealkylation sites (tertiary alicyclic amines) is 1. The zero-order valence-corrected chi connectivity index (χ0v) is 10.9. The van der Waals surface area contributed by atoms with E-state index in [0.29, 0.717) is 12.1 Å². The number of aliphatic hydroxyl groups is 2. The molecule has 0 aliphatic carbocycles. The number of piperidine rings is 1. The third-order valence-corrected chi connectivity index (χ3v) is 4.47. The topological polar surface area (TPSA) is 46.9 Å². The van der Waals surface area contributed by atoms with E-state index in [1.165, 1.54) is 51.9 Å². The molecule has 0 bridgehead atoms. The fraction of sp³-hybridized carbons (Fsp3) is 1.00. The van der Waals surface area contributed by atoms with Crippen molar-refractivity contribution in [2.75, 3.05) is 33.3 Å². The van der Waals surface area contributed by atoms with Crippen molar-refractivity contribution in [2.24, 2.45) is 0 Å². The van der Waals surface area contributed by atoms with Gasteiger partial charge in [0.05, 0.1) is 6.10 Å². The van der Waals surface area contributed by atoms with Gasteiger partial charge in [0, 0.05) is 25.7 Å². The predicted octanol–water partition coefficient (Wildman–Crippen LogP) is 0.288. The lowest BCUT2D eigenvalue weighted by Gasteiger charge is -2.42. The number of hydrogen-bond donors (Lipinski definition) is 2. The van der Waals surface area contributed by atoms with E-state index in [4.69, 9.17) is 5.11 Å². The van der Waals surface area contributed by atoms with E-state index < -0.39 is 0 Å². The summed E-state index contributed by atoms with van der Waals surface area (Å²) >= 11 is 0. The normalized spacial score (nSPS) is 38.6. The minimum absolute atomic E-state index is 0.0631. The Morgan fingerprint density at radius 1 is 0.941 bits per heavy atom. The highest BCUT2D eigenvalue weighted by molar-refractivity contribution is 4.95. The molecule has 0 radical (unpaired) electrons. The molecule has 3 aliphatic heterocycles. The Kier molecular flexibility index (Phi) is 4.79. The molecular formula is C13H26N2O2. The molecule has 0 aromatic rings. The Labute approximate surface area is 104 Å². The molecule has 100 valence electrons. The molecule has 2 N–H and O–H groups in total. The number of aliphatic hydroxyl groups excluding tert-OH is 2. The molecule has 4 nitrogen and oxygen atoms in total. The molecule has 0 aromatic carbocycles. The quantitative estimate of drug-likeness (QED) is 0.694. The molecule has 3 rings (SSSR count). The van der Waals surface area contributed by atoms with E-state index in [1.807, 2.05) is 0 Å². The van der Waals surface area contributed by atoms with E-state index in [0.717, 1.165) is 13.5 Å². The third-order valence-electron chi connectivity index (χ3n) is 4.47. The van der Waals surface area contributed by atoms with Gasteiger partial charge < -0.3 is 10.2 Å². The van der Waals surface area contributed by atoms with Gasteiger partial charge in [-0.1, -0.05) is 0 Å². The predicted molar refractivity (Wildman–Crippen MR) is 68.0 cm³/mol. The van der Waals surface area contributed by atoms with Crippen molar-refractivity contribution < 1.29 is 10.2 Å². The fourth-order valence-electron chi connectivity index (χ4n) is 3.67. The third kappa shape index (κ3) is 2.81. The second kappa shape index (κ2) is 6.14. The molecule has 3 saturated heterocycles. The van der Waals surface area contributed by atoms with Gasteiger partial charge in [-0.25, -0.2) is 0 Å². The van der Waals surface area contributed by atoms with E-state index in [9.17, 15) is 5.11 Å². The average Bonchev–Trinajstić information content (AvgIpc) is 3.02. The summed E-state index contributed by atoms with van der Waals surface area (Å²) in [5.41, 5.74) is 0. The van der Waals surface area contributed by atoms with Crippen LogP contribution in [0.3, 0.4) is 0 Å². The number of rotatable bonds is 1. The van der Waals surface area contributed by atoms with E-state index >= 15 is 0 Å². The maximum Gasteiger partial charge on any atom is 0.0710 e. The molecule has 3 heterocycles. The molecule has 0 aromatic heterocycles. The van der Waals surface area contributed by atoms with E-state index in [1.54, 1.807) is 0 Å². The van der Waals surface area contributed by atoms with E-state index in [-0.39, 0.29) is 6.10 Å². The molecule has 3 aliphatic rings. The number of hydrogen-bond acceptors (Lipinski definition) is 4. The van der Waals surface area contributed by atoms with Gasteiger partial charge in [-0.3, -0.25) is 9.80 Å². The van der Waals surface area contributed by atoms with Gasteiger partial charge in [0.15, 0.2) is 0 Å². The van der Waals surface area contributed by atoms with Crippen molar-refractivity contribution in [3.8, 4) is 0 Å². The lowest BCUT2D eigenvalue weighted by Crippen LogP contribution is -2.54. The largest absolute Gasteiger partial charge is 0.400 e. The van der Waals surface area contributed by atoms with Crippen LogP contribution in [0.15, 0.2) is 0 Å². The zero-order chi connectivity index (χ0) is 12.3. The van der Waals surface area contributed by atoms with Gasteiger partial charge in [-0.15, -0.1) is 0 Å². The maximum absolute atomic E-state index is 10.1. The molecule has 4 heteroatoms. The zero-order valence-electron chi connectivity index (χ0n) is 10.9. The van der Waals surface area contributed by atoms with Crippen LogP contribution in [0.25, 0.3) is 0 Å². The Hall–Kier alpha value is -0.160. The minimum Gasteiger partial charge on any atom is -0.400 e. The van der Waals surface area contributed by atoms with Crippen LogP contribution in [-0.4, -0.2) is 71.5 Å². The summed E-state index contributed by atoms with van der Waals surface area (Å²) in [6, 6.07) is 1.13. The van der Waals surface area contributed by atoms with Gasteiger partial charge >= 0.3 is 0 Å². The molecule has 0 saturated carbocycles. The summed E-state index contributed by atoms with van der Waals surface area (Å²) in [6.07, 6.45) is 6.17. The first kappa shape index (κ1) is 13.3. The number of fused-ring (bicyclic) bond motifs is 1. The highest BCUT2D eigenvalue weighted by atomic mass is 16.3. The highest BCUT2D eigenvalue weighted by Gasteiger charge is 2.39. The van der Waals surface area contributed by atoms with Gasteiger partial charge in [0.2, 0.25) is 0 Å².